The zero-order chi connectivity index (χ0) is 20.5. The smallest absolute Gasteiger partial charge is 0.255 e. The standard InChI is InChI=1S/C21H27N3O5/c1-28-21(29-2)13-7-9-23(10-8-13)15-3-4-16-14(11-15)12-24(20(16)27)17-5-6-18(25)22-19(17)26/h3-4,11,13,17,21H,5-10,12H2,1-2H3,(H,22,25,26)/t17-/m1/s1. The van der Waals surface area contributed by atoms with Crippen LogP contribution in [0.2, 0.25) is 0 Å². The Morgan fingerprint density at radius 3 is 2.45 bits per heavy atom. The van der Waals surface area contributed by atoms with E-state index in [2.05, 4.69) is 16.3 Å². The molecule has 1 N–H and O–H groups in total. The number of hydrogen-bond acceptors (Lipinski definition) is 6. The van der Waals surface area contributed by atoms with E-state index in [9.17, 15) is 14.4 Å². The third kappa shape index (κ3) is 3.74. The van der Waals surface area contributed by atoms with Crippen LogP contribution < -0.4 is 10.2 Å². The predicted octanol–water partition coefficient (Wildman–Crippen LogP) is 1.28. The summed E-state index contributed by atoms with van der Waals surface area (Å²) in [5, 5.41) is 2.34. The SMILES string of the molecule is COC(OC)C1CCN(c2ccc3c(c2)CN([C@@H]2CCC(=O)NC2=O)C3=O)CC1. The summed E-state index contributed by atoms with van der Waals surface area (Å²) >= 11 is 0. The highest BCUT2D eigenvalue weighted by Crippen LogP contribution is 2.32. The van der Waals surface area contributed by atoms with Gasteiger partial charge in [-0.15, -0.1) is 0 Å². The maximum absolute atomic E-state index is 12.8. The maximum Gasteiger partial charge on any atom is 0.255 e. The molecule has 8 nitrogen and oxygen atoms in total. The molecule has 0 saturated carbocycles. The normalized spacial score (nSPS) is 23.0. The zero-order valence-electron chi connectivity index (χ0n) is 16.8. The summed E-state index contributed by atoms with van der Waals surface area (Å²) < 4.78 is 10.8. The predicted molar refractivity (Wildman–Crippen MR) is 105 cm³/mol. The van der Waals surface area contributed by atoms with Gasteiger partial charge in [-0.25, -0.2) is 0 Å². The van der Waals surface area contributed by atoms with E-state index in [1.165, 1.54) is 0 Å². The number of carbonyl (C=O) groups is 3. The van der Waals surface area contributed by atoms with Gasteiger partial charge in [0.15, 0.2) is 6.29 Å². The summed E-state index contributed by atoms with van der Waals surface area (Å²) in [7, 11) is 3.35. The molecule has 29 heavy (non-hydrogen) atoms. The number of ether oxygens (including phenoxy) is 2. The van der Waals surface area contributed by atoms with Crippen LogP contribution in [0.1, 0.15) is 41.6 Å². The van der Waals surface area contributed by atoms with Gasteiger partial charge in [0, 0.05) is 57.4 Å². The lowest BCUT2D eigenvalue weighted by molar-refractivity contribution is -0.141. The molecule has 156 valence electrons. The van der Waals surface area contributed by atoms with Gasteiger partial charge in [-0.2, -0.15) is 0 Å². The topological polar surface area (TPSA) is 88.2 Å². The average Bonchev–Trinajstić information content (AvgIpc) is 3.05. The maximum atomic E-state index is 12.8. The quantitative estimate of drug-likeness (QED) is 0.591. The van der Waals surface area contributed by atoms with Crippen LogP contribution in [0.3, 0.4) is 0 Å². The minimum atomic E-state index is -0.577. The first-order valence-corrected chi connectivity index (χ1v) is 10.1. The van der Waals surface area contributed by atoms with E-state index in [1.807, 2.05) is 12.1 Å². The molecule has 2 saturated heterocycles. The summed E-state index contributed by atoms with van der Waals surface area (Å²) in [6.07, 6.45) is 2.43. The Morgan fingerprint density at radius 2 is 1.79 bits per heavy atom. The molecule has 0 spiro atoms. The van der Waals surface area contributed by atoms with Gasteiger partial charge < -0.3 is 19.3 Å². The third-order valence-electron chi connectivity index (χ3n) is 6.26. The molecule has 8 heteroatoms. The van der Waals surface area contributed by atoms with Crippen molar-refractivity contribution in [1.29, 1.82) is 0 Å². The number of benzene rings is 1. The van der Waals surface area contributed by atoms with E-state index in [1.54, 1.807) is 19.1 Å². The highest BCUT2D eigenvalue weighted by atomic mass is 16.7. The third-order valence-corrected chi connectivity index (χ3v) is 6.26. The number of nitrogens with one attached hydrogen (secondary N) is 1. The van der Waals surface area contributed by atoms with Crippen molar-refractivity contribution in [2.24, 2.45) is 5.92 Å². The van der Waals surface area contributed by atoms with Crippen molar-refractivity contribution in [2.45, 2.75) is 44.6 Å². The second kappa shape index (κ2) is 8.12. The van der Waals surface area contributed by atoms with Crippen LogP contribution in [-0.4, -0.2) is 62.3 Å². The van der Waals surface area contributed by atoms with Crippen molar-refractivity contribution in [3.05, 3.63) is 29.3 Å². The van der Waals surface area contributed by atoms with E-state index in [0.717, 1.165) is 37.2 Å². The molecule has 0 bridgehead atoms. The van der Waals surface area contributed by atoms with Gasteiger partial charge in [-0.05, 0) is 43.0 Å². The molecule has 3 aliphatic rings. The Balaban J connectivity index is 1.44. The summed E-state index contributed by atoms with van der Waals surface area (Å²) in [5.74, 6) is -0.413. The molecule has 4 rings (SSSR count). The number of hydrogen-bond donors (Lipinski definition) is 1. The summed E-state index contributed by atoms with van der Waals surface area (Å²) in [6.45, 7) is 2.20. The average molecular weight is 401 g/mol. The summed E-state index contributed by atoms with van der Waals surface area (Å²) in [6, 6.07) is 5.32. The number of piperidine rings is 2. The number of anilines is 1. The van der Waals surface area contributed by atoms with E-state index < -0.39 is 6.04 Å². The van der Waals surface area contributed by atoms with Crippen LogP contribution in [0, 0.1) is 5.92 Å². The lowest BCUT2D eigenvalue weighted by Crippen LogP contribution is -2.52. The van der Waals surface area contributed by atoms with Crippen molar-refractivity contribution >= 4 is 23.4 Å². The lowest BCUT2D eigenvalue weighted by atomic mass is 9.95. The molecule has 2 fully saturated rings. The van der Waals surface area contributed by atoms with Crippen LogP contribution in [-0.2, 0) is 25.6 Å². The number of nitrogens with zero attached hydrogens (tertiary/aromatic N) is 2. The molecule has 1 atom stereocenters. The van der Waals surface area contributed by atoms with Gasteiger partial charge in [0.25, 0.3) is 5.91 Å². The fourth-order valence-electron chi connectivity index (χ4n) is 4.67. The van der Waals surface area contributed by atoms with Crippen LogP contribution in [0.25, 0.3) is 0 Å². The minimum absolute atomic E-state index is 0.136. The monoisotopic (exact) mass is 401 g/mol. The van der Waals surface area contributed by atoms with Crippen LogP contribution in [0.5, 0.6) is 0 Å². The first kappa shape index (κ1) is 19.8. The number of amides is 3. The molecule has 0 aromatic heterocycles. The van der Waals surface area contributed by atoms with Crippen molar-refractivity contribution in [1.82, 2.24) is 10.2 Å². The van der Waals surface area contributed by atoms with Gasteiger partial charge in [0.05, 0.1) is 0 Å². The number of fused-ring (bicyclic) bond motifs is 1. The second-order valence-corrected chi connectivity index (χ2v) is 7.91. The summed E-state index contributed by atoms with van der Waals surface area (Å²) in [5.41, 5.74) is 2.67. The Kier molecular flexibility index (Phi) is 5.56. The highest BCUT2D eigenvalue weighted by molar-refractivity contribution is 6.05. The van der Waals surface area contributed by atoms with Crippen LogP contribution in [0.15, 0.2) is 18.2 Å². The number of methoxy groups -OCH3 is 2. The molecule has 3 heterocycles. The van der Waals surface area contributed by atoms with Gasteiger partial charge in [0.2, 0.25) is 11.8 Å². The minimum Gasteiger partial charge on any atom is -0.372 e. The van der Waals surface area contributed by atoms with Gasteiger partial charge in [-0.3, -0.25) is 19.7 Å². The molecule has 0 radical (unpaired) electrons. The van der Waals surface area contributed by atoms with Gasteiger partial charge in [0.1, 0.15) is 6.04 Å². The van der Waals surface area contributed by atoms with Crippen LogP contribution in [0.4, 0.5) is 5.69 Å². The fourth-order valence-corrected chi connectivity index (χ4v) is 4.67. The summed E-state index contributed by atoms with van der Waals surface area (Å²) in [4.78, 5) is 40.3. The van der Waals surface area contributed by atoms with Crippen molar-refractivity contribution in [2.75, 3.05) is 32.2 Å². The fraction of sp³-hybridized carbons (Fsp3) is 0.571. The number of carbonyl (C=O) groups excluding carboxylic acids is 3. The van der Waals surface area contributed by atoms with Crippen molar-refractivity contribution in [3.63, 3.8) is 0 Å². The van der Waals surface area contributed by atoms with Crippen molar-refractivity contribution < 1.29 is 23.9 Å². The van der Waals surface area contributed by atoms with Gasteiger partial charge in [-0.1, -0.05) is 0 Å². The molecule has 1 aromatic rings. The molecular formula is C21H27N3O5. The highest BCUT2D eigenvalue weighted by Gasteiger charge is 2.39. The Hall–Kier alpha value is -2.45. The molecule has 3 amide bonds. The lowest BCUT2D eigenvalue weighted by Gasteiger charge is -2.36. The van der Waals surface area contributed by atoms with E-state index in [-0.39, 0.29) is 30.4 Å². The molecule has 0 unspecified atom stereocenters. The Morgan fingerprint density at radius 1 is 1.07 bits per heavy atom. The second-order valence-electron chi connectivity index (χ2n) is 7.91. The molecule has 1 aromatic carbocycles. The zero-order valence-corrected chi connectivity index (χ0v) is 16.8. The van der Waals surface area contributed by atoms with Gasteiger partial charge >= 0.3 is 0 Å². The van der Waals surface area contributed by atoms with E-state index >= 15 is 0 Å². The van der Waals surface area contributed by atoms with Crippen molar-refractivity contribution in [3.8, 4) is 0 Å². The number of imide groups is 1. The first-order chi connectivity index (χ1) is 14.0. The molecule has 0 aliphatic carbocycles. The Labute approximate surface area is 170 Å². The molecular weight excluding hydrogens is 374 g/mol. The molecule has 3 aliphatic heterocycles. The van der Waals surface area contributed by atoms with Crippen LogP contribution >= 0.6 is 0 Å². The largest absolute Gasteiger partial charge is 0.372 e. The Bertz CT molecular complexity index is 815. The first-order valence-electron chi connectivity index (χ1n) is 10.1. The number of rotatable bonds is 5. The van der Waals surface area contributed by atoms with E-state index in [0.29, 0.717) is 24.4 Å². The van der Waals surface area contributed by atoms with E-state index in [4.69, 9.17) is 9.47 Å².